The van der Waals surface area contributed by atoms with Crippen LogP contribution in [0.15, 0.2) is 0 Å². The lowest BCUT2D eigenvalue weighted by molar-refractivity contribution is -0.0746. The van der Waals surface area contributed by atoms with Gasteiger partial charge in [0.25, 0.3) is 0 Å². The van der Waals surface area contributed by atoms with Crippen LogP contribution in [0.2, 0.25) is 0 Å². The molecule has 3 unspecified atom stereocenters. The minimum Gasteiger partial charge on any atom is -0.391 e. The highest BCUT2D eigenvalue weighted by Crippen LogP contribution is 2.42. The van der Waals surface area contributed by atoms with Gasteiger partial charge in [-0.05, 0) is 75.8 Å². The van der Waals surface area contributed by atoms with Crippen molar-refractivity contribution < 1.29 is 5.11 Å². The Morgan fingerprint density at radius 1 is 1.00 bits per heavy atom. The highest BCUT2D eigenvalue weighted by Gasteiger charge is 2.45. The summed E-state index contributed by atoms with van der Waals surface area (Å²) < 4.78 is 0. The van der Waals surface area contributed by atoms with Crippen molar-refractivity contribution in [1.82, 2.24) is 4.90 Å². The van der Waals surface area contributed by atoms with Crippen molar-refractivity contribution in [2.24, 2.45) is 17.8 Å². The summed E-state index contributed by atoms with van der Waals surface area (Å²) in [6.45, 7) is 11.7. The van der Waals surface area contributed by atoms with E-state index >= 15 is 0 Å². The summed E-state index contributed by atoms with van der Waals surface area (Å²) in [6, 6.07) is 0. The first-order valence-corrected chi connectivity index (χ1v) is 8.96. The van der Waals surface area contributed by atoms with E-state index in [1.54, 1.807) is 0 Å². The molecular weight excluding hydrogens is 246 g/mol. The first-order chi connectivity index (χ1) is 9.53. The third-order valence-electron chi connectivity index (χ3n) is 6.17. The molecule has 0 aromatic rings. The van der Waals surface area contributed by atoms with Gasteiger partial charge in [-0.1, -0.05) is 27.7 Å². The Bertz CT molecular complexity index is 284. The number of rotatable bonds is 5. The van der Waals surface area contributed by atoms with Crippen LogP contribution in [0.5, 0.6) is 0 Å². The van der Waals surface area contributed by atoms with E-state index in [1.165, 1.54) is 45.2 Å². The monoisotopic (exact) mass is 281 g/mol. The molecule has 2 nitrogen and oxygen atoms in total. The highest BCUT2D eigenvalue weighted by molar-refractivity contribution is 5.00. The van der Waals surface area contributed by atoms with Gasteiger partial charge in [0, 0.05) is 5.54 Å². The van der Waals surface area contributed by atoms with E-state index in [9.17, 15) is 5.11 Å². The average Bonchev–Trinajstić information content (AvgIpc) is 2.94. The normalized spacial score (nSPS) is 34.4. The molecule has 0 radical (unpaired) electrons. The van der Waals surface area contributed by atoms with E-state index in [-0.39, 0.29) is 11.6 Å². The number of nitrogens with zero attached hydrogens (tertiary/aromatic N) is 1. The van der Waals surface area contributed by atoms with Gasteiger partial charge in [-0.3, -0.25) is 4.90 Å². The molecule has 2 rings (SSSR count). The molecule has 0 amide bonds. The summed E-state index contributed by atoms with van der Waals surface area (Å²) in [5.74, 6) is 2.07. The lowest BCUT2D eigenvalue weighted by Gasteiger charge is -2.49. The fraction of sp³-hybridized carbons (Fsp3) is 1.00. The maximum absolute atomic E-state index is 11.2. The predicted molar refractivity (Wildman–Crippen MR) is 85.8 cm³/mol. The molecule has 20 heavy (non-hydrogen) atoms. The summed E-state index contributed by atoms with van der Waals surface area (Å²) in [4.78, 5) is 2.61. The van der Waals surface area contributed by atoms with Crippen LogP contribution in [0.4, 0.5) is 0 Å². The topological polar surface area (TPSA) is 23.5 Å². The smallest absolute Gasteiger partial charge is 0.0751 e. The van der Waals surface area contributed by atoms with Crippen molar-refractivity contribution in [3.05, 3.63) is 0 Å². The Hall–Kier alpha value is -0.0800. The summed E-state index contributed by atoms with van der Waals surface area (Å²) in [5.41, 5.74) is 0.0396. The molecule has 1 heterocycles. The molecule has 1 aliphatic heterocycles. The van der Waals surface area contributed by atoms with Crippen LogP contribution in [-0.4, -0.2) is 34.7 Å². The quantitative estimate of drug-likeness (QED) is 0.821. The third-order valence-corrected chi connectivity index (χ3v) is 6.17. The van der Waals surface area contributed by atoms with Gasteiger partial charge >= 0.3 is 0 Å². The fourth-order valence-corrected chi connectivity index (χ4v) is 5.17. The second-order valence-corrected chi connectivity index (χ2v) is 7.63. The molecule has 2 fully saturated rings. The van der Waals surface area contributed by atoms with Crippen LogP contribution in [0, 0.1) is 17.8 Å². The van der Waals surface area contributed by atoms with Gasteiger partial charge in [0.2, 0.25) is 0 Å². The molecule has 0 aromatic carbocycles. The van der Waals surface area contributed by atoms with Crippen LogP contribution < -0.4 is 0 Å². The molecule has 1 N–H and O–H groups in total. The van der Waals surface area contributed by atoms with Crippen LogP contribution >= 0.6 is 0 Å². The molecule has 1 saturated carbocycles. The second kappa shape index (κ2) is 6.79. The predicted octanol–water partition coefficient (Wildman–Crippen LogP) is 4.07. The zero-order valence-electron chi connectivity index (χ0n) is 14.1. The zero-order valence-corrected chi connectivity index (χ0v) is 14.1. The molecule has 3 atom stereocenters. The van der Waals surface area contributed by atoms with E-state index in [0.717, 1.165) is 24.7 Å². The summed E-state index contributed by atoms with van der Waals surface area (Å²) in [5, 5.41) is 11.2. The molecule has 1 aliphatic carbocycles. The van der Waals surface area contributed by atoms with Gasteiger partial charge in [-0.15, -0.1) is 0 Å². The number of hydrogen-bond donors (Lipinski definition) is 1. The van der Waals surface area contributed by atoms with E-state index in [1.807, 2.05) is 0 Å². The SMILES string of the molecule is CCC(CC)(C(O)C1CC(C)CC(C)C1)N1CCCC1. The van der Waals surface area contributed by atoms with Crippen molar-refractivity contribution in [2.45, 2.75) is 84.3 Å². The Labute approximate surface area is 125 Å². The molecule has 0 spiro atoms. The van der Waals surface area contributed by atoms with Crippen LogP contribution in [0.3, 0.4) is 0 Å². The van der Waals surface area contributed by atoms with E-state index < -0.39 is 0 Å². The molecule has 118 valence electrons. The van der Waals surface area contributed by atoms with E-state index in [4.69, 9.17) is 0 Å². The maximum atomic E-state index is 11.2. The summed E-state index contributed by atoms with van der Waals surface area (Å²) in [6.07, 6.45) is 8.45. The Kier molecular flexibility index (Phi) is 5.53. The zero-order chi connectivity index (χ0) is 14.8. The van der Waals surface area contributed by atoms with E-state index in [2.05, 4.69) is 32.6 Å². The third kappa shape index (κ3) is 3.06. The first kappa shape index (κ1) is 16.3. The summed E-state index contributed by atoms with van der Waals surface area (Å²) >= 11 is 0. The highest BCUT2D eigenvalue weighted by atomic mass is 16.3. The fourth-order valence-electron chi connectivity index (χ4n) is 5.17. The van der Waals surface area contributed by atoms with Crippen molar-refractivity contribution in [3.63, 3.8) is 0 Å². The van der Waals surface area contributed by atoms with Gasteiger partial charge in [0.1, 0.15) is 0 Å². The van der Waals surface area contributed by atoms with Crippen molar-refractivity contribution in [3.8, 4) is 0 Å². The lowest BCUT2D eigenvalue weighted by Crippen LogP contribution is -2.58. The molecule has 1 saturated heterocycles. The lowest BCUT2D eigenvalue weighted by atomic mass is 9.68. The minimum atomic E-state index is -0.138. The average molecular weight is 281 g/mol. The molecular formula is C18H35NO. The summed E-state index contributed by atoms with van der Waals surface area (Å²) in [7, 11) is 0. The van der Waals surface area contributed by atoms with Gasteiger partial charge in [-0.25, -0.2) is 0 Å². The van der Waals surface area contributed by atoms with Gasteiger partial charge in [0.15, 0.2) is 0 Å². The van der Waals surface area contributed by atoms with Gasteiger partial charge in [0.05, 0.1) is 6.10 Å². The Morgan fingerprint density at radius 2 is 1.50 bits per heavy atom. The Morgan fingerprint density at radius 3 is 1.95 bits per heavy atom. The maximum Gasteiger partial charge on any atom is 0.0751 e. The Balaban J connectivity index is 2.15. The molecule has 2 heteroatoms. The minimum absolute atomic E-state index is 0.0396. The second-order valence-electron chi connectivity index (χ2n) is 7.63. The number of aliphatic hydroxyl groups excluding tert-OH is 1. The van der Waals surface area contributed by atoms with Crippen LogP contribution in [0.25, 0.3) is 0 Å². The number of likely N-dealkylation sites (tertiary alicyclic amines) is 1. The molecule has 0 bridgehead atoms. The van der Waals surface area contributed by atoms with Gasteiger partial charge < -0.3 is 5.11 Å². The van der Waals surface area contributed by atoms with Crippen molar-refractivity contribution in [1.29, 1.82) is 0 Å². The van der Waals surface area contributed by atoms with Crippen molar-refractivity contribution >= 4 is 0 Å². The van der Waals surface area contributed by atoms with E-state index in [0.29, 0.717) is 5.92 Å². The van der Waals surface area contributed by atoms with Crippen LogP contribution in [-0.2, 0) is 0 Å². The number of hydrogen-bond acceptors (Lipinski definition) is 2. The van der Waals surface area contributed by atoms with Crippen molar-refractivity contribution in [2.75, 3.05) is 13.1 Å². The standard InChI is InChI=1S/C18H35NO/c1-5-18(6-2,19-9-7-8-10-19)17(20)16-12-14(3)11-15(4)13-16/h14-17,20H,5-13H2,1-4H3. The van der Waals surface area contributed by atoms with Crippen LogP contribution in [0.1, 0.15) is 72.6 Å². The molecule has 2 aliphatic rings. The first-order valence-electron chi connectivity index (χ1n) is 8.96. The molecule has 0 aromatic heterocycles. The van der Waals surface area contributed by atoms with Gasteiger partial charge in [-0.2, -0.15) is 0 Å². The number of aliphatic hydroxyl groups is 1. The largest absolute Gasteiger partial charge is 0.391 e.